The Morgan fingerprint density at radius 3 is 2.32 bits per heavy atom. The molecule has 28 heavy (non-hydrogen) atoms. The molecule has 7 nitrogen and oxygen atoms in total. The Labute approximate surface area is 167 Å². The molecular weight excluding hydrogens is 360 g/mol. The van der Waals surface area contributed by atoms with Gasteiger partial charge in [0.05, 0.1) is 27.4 Å². The zero-order valence-electron chi connectivity index (χ0n) is 17.2. The maximum absolute atomic E-state index is 12.4. The van der Waals surface area contributed by atoms with Crippen LogP contribution in [0, 0.1) is 5.92 Å². The number of hydrogen-bond acceptors (Lipinski definition) is 6. The minimum Gasteiger partial charge on any atom is -0.493 e. The lowest BCUT2D eigenvalue weighted by molar-refractivity contribution is -0.127. The zero-order valence-corrected chi connectivity index (χ0v) is 17.2. The number of piperidine rings is 1. The summed E-state index contributed by atoms with van der Waals surface area (Å²) < 4.78 is 21.8. The number of methoxy groups -OCH3 is 3. The van der Waals surface area contributed by atoms with Gasteiger partial charge in [0.1, 0.15) is 0 Å². The topological polar surface area (TPSA) is 69.3 Å². The van der Waals surface area contributed by atoms with Gasteiger partial charge in [-0.3, -0.25) is 9.69 Å². The second-order valence-electron chi connectivity index (χ2n) is 7.46. The summed E-state index contributed by atoms with van der Waals surface area (Å²) in [5, 5.41) is 3.07. The van der Waals surface area contributed by atoms with Crippen LogP contribution in [-0.4, -0.2) is 64.5 Å². The molecule has 3 rings (SSSR count). The van der Waals surface area contributed by atoms with Gasteiger partial charge in [0, 0.05) is 25.6 Å². The second-order valence-corrected chi connectivity index (χ2v) is 7.46. The maximum atomic E-state index is 12.4. The van der Waals surface area contributed by atoms with Crippen molar-refractivity contribution >= 4 is 5.91 Å². The highest BCUT2D eigenvalue weighted by molar-refractivity contribution is 5.78. The Morgan fingerprint density at radius 1 is 1.11 bits per heavy atom. The van der Waals surface area contributed by atoms with Gasteiger partial charge in [0.25, 0.3) is 0 Å². The van der Waals surface area contributed by atoms with Crippen LogP contribution >= 0.6 is 0 Å². The summed E-state index contributed by atoms with van der Waals surface area (Å²) in [7, 11) is 4.86. The van der Waals surface area contributed by atoms with E-state index < -0.39 is 0 Å². The van der Waals surface area contributed by atoms with Crippen LogP contribution in [0.15, 0.2) is 12.1 Å². The largest absolute Gasteiger partial charge is 0.493 e. The van der Waals surface area contributed by atoms with Gasteiger partial charge in [-0.2, -0.15) is 0 Å². The molecule has 1 aromatic carbocycles. The molecule has 2 aliphatic rings. The van der Waals surface area contributed by atoms with Gasteiger partial charge >= 0.3 is 0 Å². The van der Waals surface area contributed by atoms with Crippen molar-refractivity contribution in [3.8, 4) is 17.2 Å². The van der Waals surface area contributed by atoms with E-state index >= 15 is 0 Å². The Kier molecular flexibility index (Phi) is 7.39. The fourth-order valence-electron chi connectivity index (χ4n) is 4.00. The van der Waals surface area contributed by atoms with Gasteiger partial charge < -0.3 is 24.3 Å². The van der Waals surface area contributed by atoms with Crippen molar-refractivity contribution in [2.75, 3.05) is 47.6 Å². The van der Waals surface area contributed by atoms with Crippen LogP contribution in [0.5, 0.6) is 17.2 Å². The van der Waals surface area contributed by atoms with Gasteiger partial charge in [0.15, 0.2) is 11.5 Å². The van der Waals surface area contributed by atoms with E-state index in [2.05, 4.69) is 10.2 Å². The predicted molar refractivity (Wildman–Crippen MR) is 106 cm³/mol. The molecule has 0 radical (unpaired) electrons. The van der Waals surface area contributed by atoms with Crippen LogP contribution in [0.25, 0.3) is 0 Å². The summed E-state index contributed by atoms with van der Waals surface area (Å²) in [6.45, 7) is 4.05. The molecular formula is C21H32N2O5. The number of hydrogen-bond donors (Lipinski definition) is 1. The third-order valence-corrected chi connectivity index (χ3v) is 5.62. The number of ether oxygens (including phenoxy) is 4. The minimum absolute atomic E-state index is 0.0950. The van der Waals surface area contributed by atoms with Crippen molar-refractivity contribution in [3.63, 3.8) is 0 Å². The highest BCUT2D eigenvalue weighted by Gasteiger charge is 2.26. The lowest BCUT2D eigenvalue weighted by atomic mass is 9.95. The van der Waals surface area contributed by atoms with Gasteiger partial charge in [-0.15, -0.1) is 0 Å². The van der Waals surface area contributed by atoms with Crippen LogP contribution in [0.3, 0.4) is 0 Å². The van der Waals surface area contributed by atoms with Crippen molar-refractivity contribution in [2.45, 2.75) is 38.3 Å². The number of nitrogens with zero attached hydrogens (tertiary/aromatic N) is 1. The van der Waals surface area contributed by atoms with Gasteiger partial charge in [-0.1, -0.05) is 0 Å². The van der Waals surface area contributed by atoms with Gasteiger partial charge in [-0.05, 0) is 56.5 Å². The third kappa shape index (κ3) is 5.08. The molecule has 156 valence electrons. The smallest absolute Gasteiger partial charge is 0.223 e. The van der Waals surface area contributed by atoms with Crippen molar-refractivity contribution in [1.29, 1.82) is 0 Å². The molecule has 0 unspecified atom stereocenters. The van der Waals surface area contributed by atoms with Crippen LogP contribution in [-0.2, 0) is 16.1 Å². The molecule has 1 amide bonds. The Bertz CT molecular complexity index is 627. The Morgan fingerprint density at radius 2 is 1.79 bits per heavy atom. The number of amides is 1. The molecule has 1 N–H and O–H groups in total. The molecule has 7 heteroatoms. The predicted octanol–water partition coefficient (Wildman–Crippen LogP) is 2.22. The monoisotopic (exact) mass is 392 g/mol. The first-order valence-electron chi connectivity index (χ1n) is 10.0. The maximum Gasteiger partial charge on any atom is 0.223 e. The number of likely N-dealkylation sites (tertiary alicyclic amines) is 1. The molecule has 0 saturated carbocycles. The summed E-state index contributed by atoms with van der Waals surface area (Å²) in [5.74, 6) is 2.20. The molecule has 1 aromatic rings. The van der Waals surface area contributed by atoms with E-state index in [0.29, 0.717) is 23.8 Å². The summed E-state index contributed by atoms with van der Waals surface area (Å²) in [4.78, 5) is 14.8. The molecule has 0 aromatic heterocycles. The average Bonchev–Trinajstić information content (AvgIpc) is 3.25. The molecule has 0 spiro atoms. The highest BCUT2D eigenvalue weighted by Crippen LogP contribution is 2.38. The third-order valence-electron chi connectivity index (χ3n) is 5.62. The van der Waals surface area contributed by atoms with Crippen molar-refractivity contribution in [2.24, 2.45) is 5.92 Å². The van der Waals surface area contributed by atoms with Crippen LogP contribution < -0.4 is 19.5 Å². The molecule has 0 aliphatic carbocycles. The van der Waals surface area contributed by atoms with E-state index in [1.54, 1.807) is 21.3 Å². The summed E-state index contributed by atoms with van der Waals surface area (Å²) in [6.07, 6.45) is 4.10. The van der Waals surface area contributed by atoms with Crippen molar-refractivity contribution in [1.82, 2.24) is 10.2 Å². The average molecular weight is 392 g/mol. The molecule has 2 saturated heterocycles. The Balaban J connectivity index is 1.50. The van der Waals surface area contributed by atoms with Crippen LogP contribution in [0.2, 0.25) is 0 Å². The number of carbonyl (C=O) groups excluding carboxylic acids is 1. The summed E-state index contributed by atoms with van der Waals surface area (Å²) in [5.41, 5.74) is 1.11. The van der Waals surface area contributed by atoms with E-state index in [1.165, 1.54) is 0 Å². The van der Waals surface area contributed by atoms with E-state index in [9.17, 15) is 4.79 Å². The molecule has 0 bridgehead atoms. The fraction of sp³-hybridized carbons (Fsp3) is 0.667. The molecule has 1 atom stereocenters. The van der Waals surface area contributed by atoms with E-state index in [-0.39, 0.29) is 17.9 Å². The summed E-state index contributed by atoms with van der Waals surface area (Å²) in [6, 6.07) is 3.98. The lowest BCUT2D eigenvalue weighted by Gasteiger charge is -2.31. The highest BCUT2D eigenvalue weighted by atomic mass is 16.5. The number of nitrogens with one attached hydrogen (secondary N) is 1. The van der Waals surface area contributed by atoms with Crippen molar-refractivity contribution < 1.29 is 23.7 Å². The standard InChI is InChI=1S/C21H32N2O5/c1-25-18-11-15(12-19(26-2)20(18)27-3)14-23-8-6-16(7-9-23)21(24)22-13-17-5-4-10-28-17/h11-12,16-17H,4-10,13-14H2,1-3H3,(H,22,24)/t17-/m0/s1. The van der Waals surface area contributed by atoms with Gasteiger partial charge in [0.2, 0.25) is 11.7 Å². The second kappa shape index (κ2) is 9.98. The number of benzene rings is 1. The first-order chi connectivity index (χ1) is 13.6. The SMILES string of the molecule is COc1cc(CN2CCC(C(=O)NC[C@@H]3CCCO3)CC2)cc(OC)c1OC. The van der Waals surface area contributed by atoms with E-state index in [4.69, 9.17) is 18.9 Å². The quantitative estimate of drug-likeness (QED) is 0.732. The first kappa shape index (κ1) is 20.7. The van der Waals surface area contributed by atoms with E-state index in [0.717, 1.165) is 57.5 Å². The summed E-state index contributed by atoms with van der Waals surface area (Å²) >= 11 is 0. The van der Waals surface area contributed by atoms with Gasteiger partial charge in [-0.25, -0.2) is 0 Å². The first-order valence-corrected chi connectivity index (χ1v) is 10.0. The fourth-order valence-corrected chi connectivity index (χ4v) is 4.00. The van der Waals surface area contributed by atoms with E-state index in [1.807, 2.05) is 12.1 Å². The number of carbonyl (C=O) groups is 1. The minimum atomic E-state index is 0.0950. The normalized spacial score (nSPS) is 20.8. The van der Waals surface area contributed by atoms with Crippen LogP contribution in [0.4, 0.5) is 0 Å². The number of rotatable bonds is 8. The van der Waals surface area contributed by atoms with Crippen molar-refractivity contribution in [3.05, 3.63) is 17.7 Å². The van der Waals surface area contributed by atoms with Crippen LogP contribution in [0.1, 0.15) is 31.2 Å². The molecule has 2 fully saturated rings. The molecule has 2 heterocycles. The molecule has 2 aliphatic heterocycles. The Hall–Kier alpha value is -1.99. The lowest BCUT2D eigenvalue weighted by Crippen LogP contribution is -2.42. The zero-order chi connectivity index (χ0) is 19.9.